The molecule has 0 saturated heterocycles. The SMILES string of the molecule is CCC(N)(CC)CN(Cc1ccc(C(=O)Nc2ccccc2NC(=O)OC(C)(C)C)nc1)C(=O)Nc1ccc(F)c(F)c1. The van der Waals surface area contributed by atoms with E-state index in [4.69, 9.17) is 10.5 Å². The largest absolute Gasteiger partial charge is 0.444 e. The summed E-state index contributed by atoms with van der Waals surface area (Å²) in [6.45, 7) is 9.34. The molecular weight excluding hydrogens is 558 g/mol. The fourth-order valence-corrected chi connectivity index (χ4v) is 4.00. The number of anilines is 3. The van der Waals surface area contributed by atoms with Gasteiger partial charge in [0, 0.05) is 36.6 Å². The van der Waals surface area contributed by atoms with E-state index in [0.29, 0.717) is 29.8 Å². The minimum absolute atomic E-state index is 0.0893. The summed E-state index contributed by atoms with van der Waals surface area (Å²) in [6, 6.07) is 12.4. The number of nitrogens with zero attached hydrogens (tertiary/aromatic N) is 2. The maximum atomic E-state index is 13.7. The van der Waals surface area contributed by atoms with Crippen molar-refractivity contribution in [1.82, 2.24) is 9.88 Å². The summed E-state index contributed by atoms with van der Waals surface area (Å²) >= 11 is 0. The van der Waals surface area contributed by atoms with Crippen LogP contribution in [-0.4, -0.2) is 45.6 Å². The van der Waals surface area contributed by atoms with E-state index < -0.39 is 40.8 Å². The van der Waals surface area contributed by atoms with Crippen molar-refractivity contribution in [2.75, 3.05) is 22.5 Å². The molecule has 43 heavy (non-hydrogen) atoms. The van der Waals surface area contributed by atoms with Crippen LogP contribution in [-0.2, 0) is 11.3 Å². The lowest BCUT2D eigenvalue weighted by atomic mass is 9.93. The minimum atomic E-state index is -1.08. The third kappa shape index (κ3) is 9.74. The molecule has 1 heterocycles. The fourth-order valence-electron chi connectivity index (χ4n) is 4.00. The Morgan fingerprint density at radius 1 is 0.907 bits per heavy atom. The standard InChI is InChI=1S/C31H38F2N6O4/c1-6-31(34,7-2)19-39(28(41)36-21-13-14-22(32)23(33)16-21)18-20-12-15-26(35-17-20)27(40)37-24-10-8-9-11-25(24)38-29(42)43-30(3,4)5/h8-17H,6-7,18-19,34H2,1-5H3,(H,36,41)(H,37,40)(H,38,42). The smallest absolute Gasteiger partial charge is 0.412 e. The summed E-state index contributed by atoms with van der Waals surface area (Å²) in [6.07, 6.45) is 2.00. The number of para-hydroxylation sites is 2. The Kier molecular flexibility index (Phi) is 10.8. The Balaban J connectivity index is 1.74. The van der Waals surface area contributed by atoms with Crippen LogP contribution in [0, 0.1) is 11.6 Å². The molecule has 0 radical (unpaired) electrons. The van der Waals surface area contributed by atoms with Crippen LogP contribution in [0.25, 0.3) is 0 Å². The van der Waals surface area contributed by atoms with E-state index in [-0.39, 0.29) is 24.5 Å². The molecule has 0 atom stereocenters. The molecule has 2 aromatic carbocycles. The lowest BCUT2D eigenvalue weighted by molar-refractivity contribution is 0.0635. The molecule has 10 nitrogen and oxygen atoms in total. The molecule has 0 aliphatic heterocycles. The molecular formula is C31H38F2N6O4. The Bertz CT molecular complexity index is 1440. The van der Waals surface area contributed by atoms with Gasteiger partial charge in [-0.05, 0) is 69.5 Å². The molecule has 0 unspecified atom stereocenters. The van der Waals surface area contributed by atoms with Gasteiger partial charge >= 0.3 is 12.1 Å². The first-order valence-corrected chi connectivity index (χ1v) is 13.9. The number of urea groups is 1. The highest BCUT2D eigenvalue weighted by Gasteiger charge is 2.27. The Morgan fingerprint density at radius 2 is 1.56 bits per heavy atom. The fraction of sp³-hybridized carbons (Fsp3) is 0.355. The maximum Gasteiger partial charge on any atom is 0.412 e. The van der Waals surface area contributed by atoms with Gasteiger partial charge in [-0.25, -0.2) is 18.4 Å². The zero-order valence-corrected chi connectivity index (χ0v) is 25.0. The van der Waals surface area contributed by atoms with Crippen LogP contribution in [0.5, 0.6) is 0 Å². The lowest BCUT2D eigenvalue weighted by Crippen LogP contribution is -2.51. The quantitative estimate of drug-likeness (QED) is 0.210. The second-order valence-electron chi connectivity index (χ2n) is 11.2. The number of carbonyl (C=O) groups excluding carboxylic acids is 3. The molecule has 5 N–H and O–H groups in total. The predicted octanol–water partition coefficient (Wildman–Crippen LogP) is 6.51. The highest BCUT2D eigenvalue weighted by molar-refractivity contribution is 6.05. The van der Waals surface area contributed by atoms with E-state index in [1.54, 1.807) is 51.1 Å². The van der Waals surface area contributed by atoms with Crippen molar-refractivity contribution in [3.8, 4) is 0 Å². The topological polar surface area (TPSA) is 139 Å². The molecule has 4 amide bonds. The lowest BCUT2D eigenvalue weighted by Gasteiger charge is -2.34. The first kappa shape index (κ1) is 32.9. The highest BCUT2D eigenvalue weighted by Crippen LogP contribution is 2.23. The number of hydrogen-bond acceptors (Lipinski definition) is 6. The van der Waals surface area contributed by atoms with Crippen LogP contribution < -0.4 is 21.7 Å². The number of nitrogens with two attached hydrogens (primary N) is 1. The first-order chi connectivity index (χ1) is 20.2. The first-order valence-electron chi connectivity index (χ1n) is 13.9. The van der Waals surface area contributed by atoms with E-state index in [0.717, 1.165) is 12.1 Å². The molecule has 0 aliphatic rings. The van der Waals surface area contributed by atoms with Gasteiger partial charge in [0.15, 0.2) is 11.6 Å². The maximum absolute atomic E-state index is 13.7. The number of hydrogen-bond donors (Lipinski definition) is 4. The number of aromatic nitrogens is 1. The minimum Gasteiger partial charge on any atom is -0.444 e. The van der Waals surface area contributed by atoms with Crippen molar-refractivity contribution in [2.24, 2.45) is 5.73 Å². The average Bonchev–Trinajstić information content (AvgIpc) is 2.95. The average molecular weight is 597 g/mol. The van der Waals surface area contributed by atoms with Gasteiger partial charge in [0.2, 0.25) is 0 Å². The second kappa shape index (κ2) is 14.1. The molecule has 230 valence electrons. The zero-order valence-electron chi connectivity index (χ0n) is 25.0. The third-order valence-electron chi connectivity index (χ3n) is 6.61. The van der Waals surface area contributed by atoms with Crippen molar-refractivity contribution in [1.29, 1.82) is 0 Å². The van der Waals surface area contributed by atoms with Crippen LogP contribution in [0.2, 0.25) is 0 Å². The van der Waals surface area contributed by atoms with E-state index in [1.165, 1.54) is 23.2 Å². The van der Waals surface area contributed by atoms with E-state index in [1.807, 2.05) is 13.8 Å². The number of ether oxygens (including phenoxy) is 1. The summed E-state index contributed by atoms with van der Waals surface area (Å²) in [4.78, 5) is 44.1. The van der Waals surface area contributed by atoms with Gasteiger partial charge in [-0.1, -0.05) is 32.0 Å². The molecule has 1 aromatic heterocycles. The van der Waals surface area contributed by atoms with E-state index in [2.05, 4.69) is 20.9 Å². The molecule has 0 aliphatic carbocycles. The number of carbonyl (C=O) groups is 3. The van der Waals surface area contributed by atoms with Crippen LogP contribution in [0.3, 0.4) is 0 Å². The monoisotopic (exact) mass is 596 g/mol. The van der Waals surface area contributed by atoms with Crippen molar-refractivity contribution in [3.05, 3.63) is 83.7 Å². The summed E-state index contributed by atoms with van der Waals surface area (Å²) in [5.74, 6) is -2.62. The van der Waals surface area contributed by atoms with Crippen molar-refractivity contribution < 1.29 is 27.9 Å². The summed E-state index contributed by atoms with van der Waals surface area (Å²) in [5, 5.41) is 7.95. The summed E-state index contributed by atoms with van der Waals surface area (Å²) in [5.41, 5.74) is 6.63. The van der Waals surface area contributed by atoms with Gasteiger partial charge in [0.1, 0.15) is 11.3 Å². The van der Waals surface area contributed by atoms with Gasteiger partial charge in [0.25, 0.3) is 5.91 Å². The van der Waals surface area contributed by atoms with Gasteiger partial charge in [-0.15, -0.1) is 0 Å². The normalized spacial score (nSPS) is 11.4. The number of rotatable bonds is 10. The molecule has 3 aromatic rings. The number of benzene rings is 2. The van der Waals surface area contributed by atoms with E-state index >= 15 is 0 Å². The van der Waals surface area contributed by atoms with Crippen LogP contribution in [0.1, 0.15) is 63.5 Å². The van der Waals surface area contributed by atoms with Crippen LogP contribution >= 0.6 is 0 Å². The van der Waals surface area contributed by atoms with Gasteiger partial charge in [0.05, 0.1) is 11.4 Å². The van der Waals surface area contributed by atoms with Gasteiger partial charge < -0.3 is 26.0 Å². The summed E-state index contributed by atoms with van der Waals surface area (Å²) < 4.78 is 32.4. The molecule has 12 heteroatoms. The Hall–Kier alpha value is -4.58. The number of halogens is 2. The highest BCUT2D eigenvalue weighted by atomic mass is 19.2. The molecule has 0 spiro atoms. The molecule has 0 saturated carbocycles. The van der Waals surface area contributed by atoms with Crippen molar-refractivity contribution in [3.63, 3.8) is 0 Å². The van der Waals surface area contributed by atoms with E-state index in [9.17, 15) is 23.2 Å². The van der Waals surface area contributed by atoms with Crippen LogP contribution in [0.15, 0.2) is 60.8 Å². The van der Waals surface area contributed by atoms with Gasteiger partial charge in [-0.3, -0.25) is 15.1 Å². The molecule has 3 rings (SSSR count). The molecule has 0 fully saturated rings. The second-order valence-corrected chi connectivity index (χ2v) is 11.2. The van der Waals surface area contributed by atoms with Crippen molar-refractivity contribution >= 4 is 35.1 Å². The number of nitrogens with one attached hydrogen (secondary N) is 3. The summed E-state index contributed by atoms with van der Waals surface area (Å²) in [7, 11) is 0. The van der Waals surface area contributed by atoms with Gasteiger partial charge in [-0.2, -0.15) is 0 Å². The third-order valence-corrected chi connectivity index (χ3v) is 6.61. The predicted molar refractivity (Wildman–Crippen MR) is 162 cm³/mol. The van der Waals surface area contributed by atoms with Crippen molar-refractivity contribution in [2.45, 2.75) is 65.1 Å². The number of amides is 4. The van der Waals surface area contributed by atoms with Crippen LogP contribution in [0.4, 0.5) is 35.4 Å². The zero-order chi connectivity index (χ0) is 31.8. The Morgan fingerprint density at radius 3 is 2.12 bits per heavy atom. The molecule has 0 bridgehead atoms. The number of pyridine rings is 1. The Labute approximate surface area is 250 Å².